The molecule has 0 spiro atoms. The number of nitrogens with one attached hydrogen (secondary N) is 1. The summed E-state index contributed by atoms with van der Waals surface area (Å²) < 4.78 is 0. The molecule has 0 radical (unpaired) electrons. The fourth-order valence-corrected chi connectivity index (χ4v) is 3.21. The van der Waals surface area contributed by atoms with Crippen LogP contribution in [0.15, 0.2) is 24.1 Å². The van der Waals surface area contributed by atoms with Gasteiger partial charge in [-0.25, -0.2) is 0 Å². The van der Waals surface area contributed by atoms with Gasteiger partial charge in [0.2, 0.25) is 0 Å². The van der Waals surface area contributed by atoms with Gasteiger partial charge < -0.3 is 5.32 Å². The molecule has 0 unspecified atom stereocenters. The molecule has 5 nitrogen and oxygen atoms in total. The number of hydrogen-bond donors (Lipinski definition) is 1. The average Bonchev–Trinajstić information content (AvgIpc) is 2.90. The van der Waals surface area contributed by atoms with Crippen LogP contribution in [0.3, 0.4) is 0 Å². The second-order valence-electron chi connectivity index (χ2n) is 4.64. The second-order valence-corrected chi connectivity index (χ2v) is 5.53. The summed E-state index contributed by atoms with van der Waals surface area (Å²) in [6.07, 6.45) is 3.81. The van der Waals surface area contributed by atoms with Gasteiger partial charge in [-0.2, -0.15) is 0 Å². The van der Waals surface area contributed by atoms with Crippen molar-refractivity contribution in [3.8, 4) is 0 Å². The Labute approximate surface area is 141 Å². The van der Waals surface area contributed by atoms with Gasteiger partial charge in [-0.15, -0.1) is 31.4 Å². The highest BCUT2D eigenvalue weighted by Crippen LogP contribution is 2.33. The zero-order valence-electron chi connectivity index (χ0n) is 11.7. The van der Waals surface area contributed by atoms with E-state index in [1.165, 1.54) is 11.3 Å². The van der Waals surface area contributed by atoms with E-state index in [2.05, 4.69) is 16.8 Å². The Hall–Kier alpha value is -0.660. The maximum atomic E-state index is 10.8. The number of allylic oxidation sites excluding steroid dienone is 1. The summed E-state index contributed by atoms with van der Waals surface area (Å²) in [6.45, 7) is 7.72. The molecule has 21 heavy (non-hydrogen) atoms. The van der Waals surface area contributed by atoms with Crippen LogP contribution in [0, 0.1) is 10.1 Å². The van der Waals surface area contributed by atoms with Crippen molar-refractivity contribution in [2.45, 2.75) is 18.9 Å². The molecule has 1 N–H and O–H groups in total. The minimum Gasteiger partial charge on any atom is -0.314 e. The Morgan fingerprint density at radius 1 is 1.48 bits per heavy atom. The van der Waals surface area contributed by atoms with Gasteiger partial charge in [-0.3, -0.25) is 15.0 Å². The maximum Gasteiger partial charge on any atom is 0.324 e. The van der Waals surface area contributed by atoms with E-state index in [9.17, 15) is 10.1 Å². The molecule has 1 fully saturated rings. The van der Waals surface area contributed by atoms with Crippen LogP contribution < -0.4 is 5.32 Å². The molecule has 0 amide bonds. The summed E-state index contributed by atoms with van der Waals surface area (Å²) in [7, 11) is 0. The van der Waals surface area contributed by atoms with Gasteiger partial charge in [0.25, 0.3) is 0 Å². The number of nitro groups is 1. The zero-order chi connectivity index (χ0) is 13.7. The van der Waals surface area contributed by atoms with Crippen molar-refractivity contribution in [2.75, 3.05) is 26.2 Å². The lowest BCUT2D eigenvalue weighted by Crippen LogP contribution is -2.45. The van der Waals surface area contributed by atoms with E-state index in [0.29, 0.717) is 0 Å². The normalized spacial score (nSPS) is 16.4. The summed E-state index contributed by atoms with van der Waals surface area (Å²) in [5.74, 6) is 0. The second kappa shape index (κ2) is 10.1. The molecule has 1 aliphatic rings. The monoisotopic (exact) mass is 353 g/mol. The van der Waals surface area contributed by atoms with Crippen molar-refractivity contribution in [3.05, 3.63) is 39.8 Å². The first kappa shape index (κ1) is 20.3. The summed E-state index contributed by atoms with van der Waals surface area (Å²) in [5, 5.41) is 16.3. The highest BCUT2D eigenvalue weighted by molar-refractivity contribution is 7.13. The molecular formula is C13H21Cl2N3O2S. The van der Waals surface area contributed by atoms with Crippen molar-refractivity contribution in [1.82, 2.24) is 10.2 Å². The topological polar surface area (TPSA) is 58.4 Å². The highest BCUT2D eigenvalue weighted by atomic mass is 35.5. The van der Waals surface area contributed by atoms with Gasteiger partial charge in [0.05, 0.1) is 4.92 Å². The molecule has 8 heteroatoms. The smallest absolute Gasteiger partial charge is 0.314 e. The Balaban J connectivity index is 0.00000200. The van der Waals surface area contributed by atoms with Crippen molar-refractivity contribution >= 4 is 41.2 Å². The van der Waals surface area contributed by atoms with E-state index in [1.54, 1.807) is 6.07 Å². The lowest BCUT2D eigenvalue weighted by molar-refractivity contribution is -0.380. The fourth-order valence-electron chi connectivity index (χ4n) is 2.44. The minimum absolute atomic E-state index is 0. The Kier molecular flexibility index (Phi) is 9.81. The van der Waals surface area contributed by atoms with E-state index in [-0.39, 0.29) is 40.8 Å². The number of rotatable bonds is 6. The third kappa shape index (κ3) is 5.56. The summed E-state index contributed by atoms with van der Waals surface area (Å²) in [5.41, 5.74) is 1.07. The van der Waals surface area contributed by atoms with E-state index in [1.807, 2.05) is 11.5 Å². The molecule has 0 aliphatic carbocycles. The molecular weight excluding hydrogens is 333 g/mol. The molecule has 1 saturated heterocycles. The summed E-state index contributed by atoms with van der Waals surface area (Å²) >= 11 is 1.22. The SMILES string of the molecule is C=CCC[C@@H](c1csc([N+](=O)[O-])c1)N1CCNCC1.Cl.Cl. The van der Waals surface area contributed by atoms with Gasteiger partial charge in [0.1, 0.15) is 0 Å². The van der Waals surface area contributed by atoms with E-state index >= 15 is 0 Å². The molecule has 0 bridgehead atoms. The van der Waals surface area contributed by atoms with E-state index in [0.717, 1.165) is 44.6 Å². The standard InChI is InChI=1S/C13H19N3O2S.2ClH/c1-2-3-4-12(15-7-5-14-6-8-15)11-9-13(16(17)18)19-10-11;;/h2,9-10,12,14H,1,3-8H2;2*1H/t12-;;/m0../s1. The van der Waals surface area contributed by atoms with Crippen molar-refractivity contribution < 1.29 is 4.92 Å². The van der Waals surface area contributed by atoms with E-state index in [4.69, 9.17) is 0 Å². The van der Waals surface area contributed by atoms with Gasteiger partial charge in [-0.1, -0.05) is 17.4 Å². The number of piperazine rings is 1. The van der Waals surface area contributed by atoms with Crippen LogP contribution >= 0.6 is 36.2 Å². The molecule has 0 saturated carbocycles. The number of halogens is 2. The van der Waals surface area contributed by atoms with Crippen LogP contribution in [0.2, 0.25) is 0 Å². The number of hydrogen-bond acceptors (Lipinski definition) is 5. The van der Waals surface area contributed by atoms with Crippen LogP contribution in [-0.4, -0.2) is 36.0 Å². The lowest BCUT2D eigenvalue weighted by atomic mass is 10.0. The largest absolute Gasteiger partial charge is 0.324 e. The molecule has 1 aromatic rings. The Bertz CT molecular complexity index is 450. The highest BCUT2D eigenvalue weighted by Gasteiger charge is 2.24. The van der Waals surface area contributed by atoms with Gasteiger partial charge in [0, 0.05) is 43.7 Å². The van der Waals surface area contributed by atoms with Crippen molar-refractivity contribution in [2.24, 2.45) is 0 Å². The molecule has 1 aliphatic heterocycles. The maximum absolute atomic E-state index is 10.8. The zero-order valence-corrected chi connectivity index (χ0v) is 14.1. The quantitative estimate of drug-likeness (QED) is 0.483. The first-order valence-corrected chi connectivity index (χ1v) is 7.39. The van der Waals surface area contributed by atoms with Crippen molar-refractivity contribution in [3.63, 3.8) is 0 Å². The number of nitrogens with zero attached hydrogens (tertiary/aromatic N) is 2. The molecule has 1 aromatic heterocycles. The van der Waals surface area contributed by atoms with E-state index < -0.39 is 0 Å². The number of thiophene rings is 1. The minimum atomic E-state index is -0.309. The predicted molar refractivity (Wildman–Crippen MR) is 92.1 cm³/mol. The fraction of sp³-hybridized carbons (Fsp3) is 0.538. The molecule has 2 rings (SSSR count). The Morgan fingerprint density at radius 2 is 2.14 bits per heavy atom. The van der Waals surface area contributed by atoms with Crippen LogP contribution in [-0.2, 0) is 0 Å². The third-order valence-corrected chi connectivity index (χ3v) is 4.31. The first-order valence-electron chi connectivity index (χ1n) is 6.51. The molecule has 2 heterocycles. The lowest BCUT2D eigenvalue weighted by Gasteiger charge is -2.34. The molecule has 120 valence electrons. The molecule has 1 atom stereocenters. The van der Waals surface area contributed by atoms with Gasteiger partial charge in [-0.05, 0) is 18.4 Å². The van der Waals surface area contributed by atoms with Crippen LogP contribution in [0.25, 0.3) is 0 Å². The van der Waals surface area contributed by atoms with Crippen LogP contribution in [0.4, 0.5) is 5.00 Å². The van der Waals surface area contributed by atoms with Gasteiger partial charge >= 0.3 is 5.00 Å². The molecule has 0 aromatic carbocycles. The summed E-state index contributed by atoms with van der Waals surface area (Å²) in [6, 6.07) is 1.99. The third-order valence-electron chi connectivity index (χ3n) is 3.41. The van der Waals surface area contributed by atoms with Crippen LogP contribution in [0.5, 0.6) is 0 Å². The first-order chi connectivity index (χ1) is 9.22. The van der Waals surface area contributed by atoms with Gasteiger partial charge in [0.15, 0.2) is 0 Å². The Morgan fingerprint density at radius 3 is 2.67 bits per heavy atom. The average molecular weight is 354 g/mol. The van der Waals surface area contributed by atoms with Crippen molar-refractivity contribution in [1.29, 1.82) is 0 Å². The predicted octanol–water partition coefficient (Wildman–Crippen LogP) is 3.41. The summed E-state index contributed by atoms with van der Waals surface area (Å²) in [4.78, 5) is 12.9. The van der Waals surface area contributed by atoms with Crippen LogP contribution in [0.1, 0.15) is 24.4 Å².